The predicted octanol–water partition coefficient (Wildman–Crippen LogP) is 1.67. The Balaban J connectivity index is 2.58. The summed E-state index contributed by atoms with van der Waals surface area (Å²) in [5, 5.41) is 9.34. The maximum Gasteiger partial charge on any atom is 0.338 e. The molecular weight excluding hydrogens is 200 g/mol. The number of nitrogens with two attached hydrogens (primary N) is 1. The number of amides is 2. The molecule has 6 heteroatoms. The molecule has 0 saturated heterocycles. The molecule has 12 heavy (non-hydrogen) atoms. The van der Waals surface area contributed by atoms with Crippen molar-refractivity contribution in [1.82, 2.24) is 5.06 Å². The van der Waals surface area contributed by atoms with Crippen LogP contribution in [0.4, 0.5) is 4.79 Å². The Bertz CT molecular complexity index is 289. The monoisotopic (exact) mass is 206 g/mol. The fourth-order valence-corrected chi connectivity index (χ4v) is 1.73. The molecule has 66 valence electrons. The van der Waals surface area contributed by atoms with Crippen molar-refractivity contribution in [2.75, 3.05) is 0 Å². The van der Waals surface area contributed by atoms with E-state index in [4.69, 9.17) is 22.5 Å². The van der Waals surface area contributed by atoms with Crippen molar-refractivity contribution in [3.63, 3.8) is 0 Å². The van der Waals surface area contributed by atoms with Gasteiger partial charge in [-0.2, -0.15) is 0 Å². The van der Waals surface area contributed by atoms with Gasteiger partial charge in [0.15, 0.2) is 0 Å². The first-order valence-corrected chi connectivity index (χ1v) is 4.29. The summed E-state index contributed by atoms with van der Waals surface area (Å²) >= 11 is 6.92. The van der Waals surface area contributed by atoms with E-state index in [1.54, 1.807) is 12.1 Å². The summed E-state index contributed by atoms with van der Waals surface area (Å²) in [5.41, 5.74) is 4.80. The highest BCUT2D eigenvalue weighted by Crippen LogP contribution is 2.22. The first kappa shape index (κ1) is 9.31. The molecule has 1 heterocycles. The summed E-state index contributed by atoms with van der Waals surface area (Å²) in [6, 6.07) is 2.54. The van der Waals surface area contributed by atoms with Crippen LogP contribution < -0.4 is 5.73 Å². The fraction of sp³-hybridized carbons (Fsp3) is 0.167. The molecule has 0 fully saturated rings. The summed E-state index contributed by atoms with van der Waals surface area (Å²) in [4.78, 5) is 11.2. The lowest BCUT2D eigenvalue weighted by molar-refractivity contribution is -0.0462. The van der Waals surface area contributed by atoms with Crippen molar-refractivity contribution >= 4 is 29.0 Å². The molecule has 0 aliphatic rings. The second kappa shape index (κ2) is 3.75. The number of nitrogens with zero attached hydrogens (tertiary/aromatic N) is 1. The molecule has 0 aromatic carbocycles. The number of hydroxylamine groups is 2. The van der Waals surface area contributed by atoms with Crippen molar-refractivity contribution in [3.05, 3.63) is 21.3 Å². The van der Waals surface area contributed by atoms with Gasteiger partial charge < -0.3 is 5.73 Å². The minimum absolute atomic E-state index is 0.0761. The lowest BCUT2D eigenvalue weighted by atomic mass is 10.5. The SMILES string of the molecule is NC(=O)N(O)Cc1ccc(Cl)s1. The normalized spacial score (nSPS) is 9.83. The molecule has 1 rings (SSSR count). The topological polar surface area (TPSA) is 66.6 Å². The number of hydrogen-bond acceptors (Lipinski definition) is 3. The van der Waals surface area contributed by atoms with Gasteiger partial charge in [0.1, 0.15) is 0 Å². The molecule has 0 atom stereocenters. The maximum atomic E-state index is 10.4. The van der Waals surface area contributed by atoms with E-state index in [0.717, 1.165) is 4.88 Å². The summed E-state index contributed by atoms with van der Waals surface area (Å²) in [6.07, 6.45) is 0. The molecule has 0 spiro atoms. The van der Waals surface area contributed by atoms with Crippen LogP contribution in [0.3, 0.4) is 0 Å². The highest BCUT2D eigenvalue weighted by Gasteiger charge is 2.07. The molecule has 3 N–H and O–H groups in total. The minimum Gasteiger partial charge on any atom is -0.350 e. The third kappa shape index (κ3) is 2.37. The van der Waals surface area contributed by atoms with Gasteiger partial charge in [0, 0.05) is 4.88 Å². The second-order valence-electron chi connectivity index (χ2n) is 2.10. The standard InChI is InChI=1S/C6H7ClN2O2S/c7-5-2-1-4(12-5)3-9(11)6(8)10/h1-2,11H,3H2,(H2,8,10). The molecule has 0 aliphatic carbocycles. The van der Waals surface area contributed by atoms with Crippen LogP contribution >= 0.6 is 22.9 Å². The van der Waals surface area contributed by atoms with Gasteiger partial charge in [-0.15, -0.1) is 11.3 Å². The molecule has 0 bridgehead atoms. The first-order valence-electron chi connectivity index (χ1n) is 3.09. The van der Waals surface area contributed by atoms with Crippen LogP contribution in [-0.2, 0) is 6.54 Å². The van der Waals surface area contributed by atoms with E-state index in [-0.39, 0.29) is 6.54 Å². The third-order valence-electron chi connectivity index (χ3n) is 1.19. The smallest absolute Gasteiger partial charge is 0.338 e. The van der Waals surface area contributed by atoms with E-state index in [2.05, 4.69) is 0 Å². The van der Waals surface area contributed by atoms with E-state index in [0.29, 0.717) is 9.40 Å². The van der Waals surface area contributed by atoms with Gasteiger partial charge >= 0.3 is 6.03 Å². The number of halogens is 1. The van der Waals surface area contributed by atoms with Crippen LogP contribution in [-0.4, -0.2) is 16.3 Å². The van der Waals surface area contributed by atoms with Crippen molar-refractivity contribution in [3.8, 4) is 0 Å². The minimum atomic E-state index is -0.875. The summed E-state index contributed by atoms with van der Waals surface area (Å²) in [7, 11) is 0. The second-order valence-corrected chi connectivity index (χ2v) is 3.90. The molecule has 4 nitrogen and oxygen atoms in total. The van der Waals surface area contributed by atoms with Crippen LogP contribution in [0.2, 0.25) is 4.34 Å². The van der Waals surface area contributed by atoms with Gasteiger partial charge in [0.2, 0.25) is 0 Å². The Morgan fingerprint density at radius 1 is 1.75 bits per heavy atom. The van der Waals surface area contributed by atoms with Crippen molar-refractivity contribution in [2.24, 2.45) is 5.73 Å². The van der Waals surface area contributed by atoms with Crippen molar-refractivity contribution in [2.45, 2.75) is 6.54 Å². The zero-order valence-corrected chi connectivity index (χ0v) is 7.60. The molecule has 2 amide bonds. The van der Waals surface area contributed by atoms with Gasteiger partial charge in [0.05, 0.1) is 10.9 Å². The van der Waals surface area contributed by atoms with Gasteiger partial charge in [-0.25, -0.2) is 9.86 Å². The number of thiophene rings is 1. The van der Waals surface area contributed by atoms with E-state index < -0.39 is 6.03 Å². The third-order valence-corrected chi connectivity index (χ3v) is 2.40. The maximum absolute atomic E-state index is 10.4. The molecule has 1 aromatic rings. The van der Waals surface area contributed by atoms with Crippen molar-refractivity contribution < 1.29 is 10.0 Å². The molecule has 0 aliphatic heterocycles. The quantitative estimate of drug-likeness (QED) is 0.571. The zero-order chi connectivity index (χ0) is 9.14. The Kier molecular flexibility index (Phi) is 2.91. The van der Waals surface area contributed by atoms with Crippen molar-refractivity contribution in [1.29, 1.82) is 0 Å². The van der Waals surface area contributed by atoms with Gasteiger partial charge in [-0.3, -0.25) is 5.21 Å². The Morgan fingerprint density at radius 3 is 2.83 bits per heavy atom. The lowest BCUT2D eigenvalue weighted by Gasteiger charge is -2.09. The van der Waals surface area contributed by atoms with Crippen LogP contribution in [0.25, 0.3) is 0 Å². The lowest BCUT2D eigenvalue weighted by Crippen LogP contribution is -2.31. The number of rotatable bonds is 2. The average Bonchev–Trinajstić information content (AvgIpc) is 2.35. The highest BCUT2D eigenvalue weighted by atomic mass is 35.5. The predicted molar refractivity (Wildman–Crippen MR) is 46.2 cm³/mol. The summed E-state index contributed by atoms with van der Waals surface area (Å²) in [6.45, 7) is 0.0761. The molecule has 0 unspecified atom stereocenters. The molecule has 1 aromatic heterocycles. The van der Waals surface area contributed by atoms with E-state index in [1.807, 2.05) is 0 Å². The van der Waals surface area contributed by atoms with Gasteiger partial charge in [-0.05, 0) is 12.1 Å². The summed E-state index contributed by atoms with van der Waals surface area (Å²) in [5.74, 6) is 0. The van der Waals surface area contributed by atoms with E-state index >= 15 is 0 Å². The largest absolute Gasteiger partial charge is 0.350 e. The fourth-order valence-electron chi connectivity index (χ4n) is 0.662. The number of carbonyl (C=O) groups is 1. The van der Waals surface area contributed by atoms with Crippen LogP contribution in [0.15, 0.2) is 12.1 Å². The Labute approximate surface area is 78.1 Å². The van der Waals surface area contributed by atoms with E-state index in [9.17, 15) is 4.79 Å². The average molecular weight is 207 g/mol. The number of hydrogen-bond donors (Lipinski definition) is 2. The van der Waals surface area contributed by atoms with Crippen LogP contribution in [0.5, 0.6) is 0 Å². The van der Waals surface area contributed by atoms with Gasteiger partial charge in [0.25, 0.3) is 0 Å². The van der Waals surface area contributed by atoms with Gasteiger partial charge in [-0.1, -0.05) is 11.6 Å². The molecular formula is C6H7ClN2O2S. The molecule has 0 saturated carbocycles. The van der Waals surface area contributed by atoms with Crippen LogP contribution in [0.1, 0.15) is 4.88 Å². The Hall–Kier alpha value is -0.780. The zero-order valence-electron chi connectivity index (χ0n) is 6.03. The number of urea groups is 1. The highest BCUT2D eigenvalue weighted by molar-refractivity contribution is 7.16. The number of primary amides is 1. The van der Waals surface area contributed by atoms with Crippen LogP contribution in [0, 0.1) is 0 Å². The Morgan fingerprint density at radius 2 is 2.42 bits per heavy atom. The number of carbonyl (C=O) groups excluding carboxylic acids is 1. The molecule has 0 radical (unpaired) electrons. The first-order chi connectivity index (χ1) is 5.59. The summed E-state index contributed by atoms with van der Waals surface area (Å²) < 4.78 is 0.614. The van der Waals surface area contributed by atoms with E-state index in [1.165, 1.54) is 11.3 Å².